The highest BCUT2D eigenvalue weighted by atomic mass is 16.2. The number of carbonyl (C=O) groups excluding carboxylic acids is 1. The predicted molar refractivity (Wildman–Crippen MR) is 63.0 cm³/mol. The molecule has 15 heavy (non-hydrogen) atoms. The van der Waals surface area contributed by atoms with Crippen molar-refractivity contribution in [2.75, 3.05) is 11.9 Å². The summed E-state index contributed by atoms with van der Waals surface area (Å²) in [6, 6.07) is 3.47. The van der Waals surface area contributed by atoms with Gasteiger partial charge >= 0.3 is 6.03 Å². The van der Waals surface area contributed by atoms with E-state index in [0.717, 1.165) is 5.56 Å². The Morgan fingerprint density at radius 3 is 2.67 bits per heavy atom. The van der Waals surface area contributed by atoms with E-state index in [1.54, 1.807) is 6.20 Å². The Morgan fingerprint density at radius 2 is 2.13 bits per heavy atom. The number of nitrogens with zero attached hydrogens (tertiary/aromatic N) is 1. The molecule has 0 aromatic carbocycles. The second kappa shape index (κ2) is 7.79. The van der Waals surface area contributed by atoms with Gasteiger partial charge < -0.3 is 5.32 Å². The van der Waals surface area contributed by atoms with Gasteiger partial charge in [-0.1, -0.05) is 13.8 Å². The van der Waals surface area contributed by atoms with Crippen LogP contribution in [0, 0.1) is 6.92 Å². The van der Waals surface area contributed by atoms with Crippen LogP contribution in [0.5, 0.6) is 0 Å². The summed E-state index contributed by atoms with van der Waals surface area (Å²) in [6.45, 7) is 8.42. The fraction of sp³-hybridized carbons (Fsp3) is 0.455. The maximum atomic E-state index is 11.1. The molecule has 0 bridgehead atoms. The number of anilines is 1. The van der Waals surface area contributed by atoms with E-state index >= 15 is 0 Å². The summed E-state index contributed by atoms with van der Waals surface area (Å²) >= 11 is 0. The smallest absolute Gasteiger partial charge is 0.320 e. The normalized spacial score (nSPS) is 8.53. The third-order valence-electron chi connectivity index (χ3n) is 1.49. The highest BCUT2D eigenvalue weighted by Gasteiger charge is 1.99. The Labute approximate surface area is 91.1 Å². The average molecular weight is 209 g/mol. The molecule has 0 aliphatic carbocycles. The van der Waals surface area contributed by atoms with Gasteiger partial charge in [0, 0.05) is 12.7 Å². The Morgan fingerprint density at radius 1 is 1.47 bits per heavy atom. The molecule has 4 nitrogen and oxygen atoms in total. The molecule has 0 saturated heterocycles. The number of pyridine rings is 1. The Hall–Kier alpha value is -1.58. The molecule has 0 aliphatic heterocycles. The van der Waals surface area contributed by atoms with Crippen LogP contribution in [0.1, 0.15) is 26.3 Å². The van der Waals surface area contributed by atoms with Crippen LogP contribution in [0.2, 0.25) is 0 Å². The summed E-state index contributed by atoms with van der Waals surface area (Å²) in [5.41, 5.74) is 1.07. The Balaban J connectivity index is 0.000000921. The molecular weight excluding hydrogens is 190 g/mol. The Bertz CT molecular complexity index is 300. The van der Waals surface area contributed by atoms with Crippen LogP contribution in [0.25, 0.3) is 0 Å². The van der Waals surface area contributed by atoms with Gasteiger partial charge in [0.25, 0.3) is 0 Å². The van der Waals surface area contributed by atoms with Gasteiger partial charge in [-0.05, 0) is 31.5 Å². The highest BCUT2D eigenvalue weighted by molar-refractivity contribution is 5.88. The first kappa shape index (κ1) is 13.4. The number of urea groups is 1. The van der Waals surface area contributed by atoms with E-state index in [2.05, 4.69) is 15.6 Å². The van der Waals surface area contributed by atoms with Gasteiger partial charge in [-0.3, -0.25) is 5.32 Å². The van der Waals surface area contributed by atoms with Gasteiger partial charge in [0.15, 0.2) is 0 Å². The Kier molecular flexibility index (Phi) is 6.97. The van der Waals surface area contributed by atoms with E-state index < -0.39 is 0 Å². The van der Waals surface area contributed by atoms with Gasteiger partial charge in [-0.25, -0.2) is 9.78 Å². The van der Waals surface area contributed by atoms with Crippen molar-refractivity contribution in [2.24, 2.45) is 0 Å². The number of aromatic nitrogens is 1. The van der Waals surface area contributed by atoms with Gasteiger partial charge in [0.2, 0.25) is 0 Å². The van der Waals surface area contributed by atoms with Crippen molar-refractivity contribution in [2.45, 2.75) is 27.7 Å². The van der Waals surface area contributed by atoms with Crippen LogP contribution in [-0.4, -0.2) is 17.6 Å². The number of hydrogen-bond donors (Lipinski definition) is 2. The molecule has 0 atom stereocenters. The third kappa shape index (κ3) is 5.67. The number of carbonyl (C=O) groups is 1. The molecule has 0 saturated carbocycles. The first-order valence-electron chi connectivity index (χ1n) is 5.20. The van der Waals surface area contributed by atoms with Crippen LogP contribution < -0.4 is 10.6 Å². The summed E-state index contributed by atoms with van der Waals surface area (Å²) < 4.78 is 0. The fourth-order valence-electron chi connectivity index (χ4n) is 0.926. The quantitative estimate of drug-likeness (QED) is 0.786. The van der Waals surface area contributed by atoms with Crippen LogP contribution in [0.4, 0.5) is 10.6 Å². The van der Waals surface area contributed by atoms with E-state index in [-0.39, 0.29) is 6.03 Å². The van der Waals surface area contributed by atoms with Crippen molar-refractivity contribution in [3.8, 4) is 0 Å². The van der Waals surface area contributed by atoms with Crippen molar-refractivity contribution >= 4 is 11.8 Å². The molecule has 1 aromatic rings. The van der Waals surface area contributed by atoms with Crippen molar-refractivity contribution in [1.82, 2.24) is 10.3 Å². The molecule has 4 heteroatoms. The zero-order valence-corrected chi connectivity index (χ0v) is 9.79. The number of hydrogen-bond acceptors (Lipinski definition) is 2. The standard InChI is InChI=1S/C9H13N3O.C2H6/c1-3-10-9(13)12-8-6-7(2)4-5-11-8;1-2/h4-6H,3H2,1-2H3,(H2,10,11,12,13);1-2H3. The SMILES string of the molecule is CC.CCNC(=O)Nc1cc(C)ccn1. The minimum absolute atomic E-state index is 0.222. The zero-order chi connectivity index (χ0) is 11.7. The third-order valence-corrected chi connectivity index (χ3v) is 1.49. The molecule has 1 heterocycles. The van der Waals surface area contributed by atoms with E-state index in [9.17, 15) is 4.79 Å². The van der Waals surface area contributed by atoms with Gasteiger partial charge in [0.1, 0.15) is 5.82 Å². The lowest BCUT2D eigenvalue weighted by atomic mass is 10.3. The zero-order valence-electron chi connectivity index (χ0n) is 9.79. The molecule has 2 amide bonds. The largest absolute Gasteiger partial charge is 0.338 e. The first-order chi connectivity index (χ1) is 7.22. The molecule has 0 fully saturated rings. The van der Waals surface area contributed by atoms with Gasteiger partial charge in [-0.15, -0.1) is 0 Å². The first-order valence-corrected chi connectivity index (χ1v) is 5.20. The summed E-state index contributed by atoms with van der Waals surface area (Å²) in [6.07, 6.45) is 1.66. The van der Waals surface area contributed by atoms with Crippen molar-refractivity contribution in [3.05, 3.63) is 23.9 Å². The fourth-order valence-corrected chi connectivity index (χ4v) is 0.926. The van der Waals surface area contributed by atoms with Gasteiger partial charge in [0.05, 0.1) is 0 Å². The number of aryl methyl sites for hydroxylation is 1. The minimum atomic E-state index is -0.222. The number of amides is 2. The van der Waals surface area contributed by atoms with Crippen molar-refractivity contribution in [3.63, 3.8) is 0 Å². The van der Waals surface area contributed by atoms with E-state index in [4.69, 9.17) is 0 Å². The molecule has 0 aliphatic rings. The second-order valence-electron chi connectivity index (χ2n) is 2.70. The predicted octanol–water partition coefficient (Wildman–Crippen LogP) is 2.56. The van der Waals surface area contributed by atoms with E-state index in [1.165, 1.54) is 0 Å². The molecular formula is C11H19N3O. The summed E-state index contributed by atoms with van der Waals surface area (Å²) in [7, 11) is 0. The topological polar surface area (TPSA) is 54.0 Å². The van der Waals surface area contributed by atoms with Crippen molar-refractivity contribution < 1.29 is 4.79 Å². The average Bonchev–Trinajstić information content (AvgIpc) is 2.21. The highest BCUT2D eigenvalue weighted by Crippen LogP contribution is 2.04. The van der Waals surface area contributed by atoms with Crippen LogP contribution in [0.15, 0.2) is 18.3 Å². The van der Waals surface area contributed by atoms with Crippen molar-refractivity contribution in [1.29, 1.82) is 0 Å². The van der Waals surface area contributed by atoms with E-state index in [0.29, 0.717) is 12.4 Å². The van der Waals surface area contributed by atoms with Crippen LogP contribution in [-0.2, 0) is 0 Å². The molecule has 84 valence electrons. The molecule has 2 N–H and O–H groups in total. The minimum Gasteiger partial charge on any atom is -0.338 e. The molecule has 1 rings (SSSR count). The molecule has 0 spiro atoms. The lowest BCUT2D eigenvalue weighted by molar-refractivity contribution is 0.252. The molecule has 1 aromatic heterocycles. The van der Waals surface area contributed by atoms with Crippen LogP contribution >= 0.6 is 0 Å². The molecule has 0 radical (unpaired) electrons. The van der Waals surface area contributed by atoms with Crippen LogP contribution in [0.3, 0.4) is 0 Å². The van der Waals surface area contributed by atoms with Gasteiger partial charge in [-0.2, -0.15) is 0 Å². The number of nitrogens with one attached hydrogen (secondary N) is 2. The lowest BCUT2D eigenvalue weighted by Gasteiger charge is -2.04. The number of rotatable bonds is 2. The summed E-state index contributed by atoms with van der Waals surface area (Å²) in [5, 5.41) is 5.25. The monoisotopic (exact) mass is 209 g/mol. The lowest BCUT2D eigenvalue weighted by Crippen LogP contribution is -2.28. The van der Waals surface area contributed by atoms with E-state index in [1.807, 2.05) is 39.8 Å². The summed E-state index contributed by atoms with van der Waals surface area (Å²) in [5.74, 6) is 0.575. The second-order valence-corrected chi connectivity index (χ2v) is 2.70. The maximum absolute atomic E-state index is 11.1. The maximum Gasteiger partial charge on any atom is 0.320 e. The summed E-state index contributed by atoms with van der Waals surface area (Å²) in [4.78, 5) is 15.1. The molecule has 0 unspecified atom stereocenters.